The van der Waals surface area contributed by atoms with Gasteiger partial charge in [-0.05, 0) is 12.0 Å². The molecule has 0 aromatic heterocycles. The van der Waals surface area contributed by atoms with Crippen LogP contribution in [0.4, 0.5) is 0 Å². The highest BCUT2D eigenvalue weighted by molar-refractivity contribution is 6.55. The topological polar surface area (TPSA) is 37.4 Å². The standard InChI is InChI=1S/C18H22ClNO2/c1-2-3-4-5-6-10-13-20-17(21)15(16(19)18(20)22)14-11-8-7-9-12-14/h7-9,11-12H,2-6,10,13H2,1H3. The number of imide groups is 1. The van der Waals surface area contributed by atoms with E-state index in [9.17, 15) is 9.59 Å². The molecule has 1 aliphatic rings. The molecule has 0 atom stereocenters. The van der Waals surface area contributed by atoms with E-state index in [0.717, 1.165) is 19.3 Å². The summed E-state index contributed by atoms with van der Waals surface area (Å²) in [5.41, 5.74) is 1.04. The molecule has 1 aromatic carbocycles. The Bertz CT molecular complexity index is 566. The van der Waals surface area contributed by atoms with Gasteiger partial charge in [0, 0.05) is 6.54 Å². The first-order chi connectivity index (χ1) is 10.7. The Hall–Kier alpha value is -1.61. The maximum atomic E-state index is 12.5. The molecule has 3 nitrogen and oxygen atoms in total. The number of benzene rings is 1. The number of carbonyl (C=O) groups is 2. The molecule has 0 spiro atoms. The average Bonchev–Trinajstić information content (AvgIpc) is 2.74. The summed E-state index contributed by atoms with van der Waals surface area (Å²) in [6.45, 7) is 2.64. The molecule has 0 unspecified atom stereocenters. The summed E-state index contributed by atoms with van der Waals surface area (Å²) < 4.78 is 0. The van der Waals surface area contributed by atoms with Crippen molar-refractivity contribution in [2.75, 3.05) is 6.54 Å². The van der Waals surface area contributed by atoms with E-state index in [1.54, 1.807) is 12.1 Å². The van der Waals surface area contributed by atoms with E-state index in [4.69, 9.17) is 11.6 Å². The summed E-state index contributed by atoms with van der Waals surface area (Å²) in [4.78, 5) is 25.9. The van der Waals surface area contributed by atoms with Crippen molar-refractivity contribution in [2.45, 2.75) is 45.4 Å². The molecule has 0 N–H and O–H groups in total. The predicted octanol–water partition coefficient (Wildman–Crippen LogP) is 4.37. The normalized spacial score (nSPS) is 15.1. The molecule has 0 bridgehead atoms. The Morgan fingerprint density at radius 3 is 2.23 bits per heavy atom. The van der Waals surface area contributed by atoms with Crippen LogP contribution in [-0.4, -0.2) is 23.3 Å². The Kier molecular flexibility index (Phi) is 6.20. The summed E-state index contributed by atoms with van der Waals surface area (Å²) in [6.07, 6.45) is 6.70. The molecular formula is C18H22ClNO2. The molecule has 2 rings (SSSR count). The van der Waals surface area contributed by atoms with E-state index in [-0.39, 0.29) is 16.8 Å². The van der Waals surface area contributed by atoms with E-state index in [0.29, 0.717) is 17.7 Å². The van der Waals surface area contributed by atoms with Crippen LogP contribution in [0.2, 0.25) is 0 Å². The number of hydrogen-bond acceptors (Lipinski definition) is 2. The summed E-state index contributed by atoms with van der Waals surface area (Å²) in [5, 5.41) is 0.0437. The smallest absolute Gasteiger partial charge is 0.273 e. The van der Waals surface area contributed by atoms with Crippen LogP contribution in [0.3, 0.4) is 0 Å². The SMILES string of the molecule is CCCCCCCCN1C(=O)C(Cl)=C(c2ccccc2)C1=O. The fourth-order valence-electron chi connectivity index (χ4n) is 2.65. The molecule has 0 fully saturated rings. The highest BCUT2D eigenvalue weighted by Gasteiger charge is 2.37. The molecule has 0 aliphatic carbocycles. The average molecular weight is 320 g/mol. The summed E-state index contributed by atoms with van der Waals surface area (Å²) in [6, 6.07) is 9.14. The van der Waals surface area contributed by atoms with Gasteiger partial charge in [-0.2, -0.15) is 0 Å². The second-order valence-electron chi connectivity index (χ2n) is 5.58. The third-order valence-electron chi connectivity index (χ3n) is 3.91. The fraction of sp³-hybridized carbons (Fsp3) is 0.444. The van der Waals surface area contributed by atoms with E-state index >= 15 is 0 Å². The minimum absolute atomic E-state index is 0.0437. The second-order valence-corrected chi connectivity index (χ2v) is 5.96. The van der Waals surface area contributed by atoms with Crippen LogP contribution in [0.25, 0.3) is 5.57 Å². The zero-order valence-corrected chi connectivity index (χ0v) is 13.7. The molecule has 0 radical (unpaired) electrons. The summed E-state index contributed by atoms with van der Waals surface area (Å²) in [5.74, 6) is -0.631. The lowest BCUT2D eigenvalue weighted by atomic mass is 10.1. The van der Waals surface area contributed by atoms with Gasteiger partial charge in [-0.3, -0.25) is 14.5 Å². The first kappa shape index (κ1) is 16.8. The molecule has 1 heterocycles. The highest BCUT2D eigenvalue weighted by atomic mass is 35.5. The lowest BCUT2D eigenvalue weighted by molar-refractivity contribution is -0.136. The Morgan fingerprint density at radius 2 is 1.55 bits per heavy atom. The van der Waals surface area contributed by atoms with Gasteiger partial charge in [0.05, 0.1) is 5.57 Å². The molecule has 1 aliphatic heterocycles. The van der Waals surface area contributed by atoms with Crippen molar-refractivity contribution >= 4 is 29.0 Å². The molecule has 0 saturated carbocycles. The third kappa shape index (κ3) is 3.77. The number of rotatable bonds is 8. The lowest BCUT2D eigenvalue weighted by Crippen LogP contribution is -2.32. The number of nitrogens with zero attached hydrogens (tertiary/aromatic N) is 1. The van der Waals surface area contributed by atoms with E-state index in [2.05, 4.69) is 6.92 Å². The highest BCUT2D eigenvalue weighted by Crippen LogP contribution is 2.31. The van der Waals surface area contributed by atoms with Crippen LogP contribution >= 0.6 is 11.6 Å². The third-order valence-corrected chi connectivity index (χ3v) is 4.26. The van der Waals surface area contributed by atoms with Gasteiger partial charge in [-0.1, -0.05) is 81.0 Å². The van der Waals surface area contributed by atoms with E-state index in [1.165, 1.54) is 24.2 Å². The van der Waals surface area contributed by atoms with E-state index in [1.807, 2.05) is 18.2 Å². The maximum Gasteiger partial charge on any atom is 0.273 e. The predicted molar refractivity (Wildman–Crippen MR) is 89.3 cm³/mol. The quantitative estimate of drug-likeness (QED) is 0.527. The van der Waals surface area contributed by atoms with Crippen LogP contribution in [-0.2, 0) is 9.59 Å². The molecule has 2 amide bonds. The number of amides is 2. The van der Waals surface area contributed by atoms with Gasteiger partial charge in [0.2, 0.25) is 0 Å². The second kappa shape index (κ2) is 8.14. The molecule has 4 heteroatoms. The number of carbonyl (C=O) groups excluding carboxylic acids is 2. The number of unbranched alkanes of at least 4 members (excludes halogenated alkanes) is 5. The van der Waals surface area contributed by atoms with Gasteiger partial charge in [0.1, 0.15) is 5.03 Å². The molecule has 22 heavy (non-hydrogen) atoms. The number of halogens is 1. The largest absolute Gasteiger partial charge is 0.274 e. The van der Waals surface area contributed by atoms with Gasteiger partial charge in [0.25, 0.3) is 11.8 Å². The minimum atomic E-state index is -0.362. The van der Waals surface area contributed by atoms with Crippen molar-refractivity contribution in [3.05, 3.63) is 40.9 Å². The molecule has 0 saturated heterocycles. The number of hydrogen-bond donors (Lipinski definition) is 0. The van der Waals surface area contributed by atoms with Crippen LogP contribution < -0.4 is 0 Å². The monoisotopic (exact) mass is 319 g/mol. The zero-order chi connectivity index (χ0) is 15.9. The van der Waals surface area contributed by atoms with Gasteiger partial charge in [-0.25, -0.2) is 0 Å². The molecular weight excluding hydrogens is 298 g/mol. The lowest BCUT2D eigenvalue weighted by Gasteiger charge is -2.14. The van der Waals surface area contributed by atoms with Gasteiger partial charge < -0.3 is 0 Å². The zero-order valence-electron chi connectivity index (χ0n) is 13.0. The van der Waals surface area contributed by atoms with Crippen LogP contribution in [0.15, 0.2) is 35.4 Å². The summed E-state index contributed by atoms with van der Waals surface area (Å²) >= 11 is 6.10. The van der Waals surface area contributed by atoms with Crippen molar-refractivity contribution in [3.63, 3.8) is 0 Å². The first-order valence-electron chi connectivity index (χ1n) is 7.98. The van der Waals surface area contributed by atoms with Crippen molar-refractivity contribution in [1.82, 2.24) is 4.90 Å². The van der Waals surface area contributed by atoms with Crippen molar-refractivity contribution in [1.29, 1.82) is 0 Å². The summed E-state index contributed by atoms with van der Waals surface area (Å²) in [7, 11) is 0. The Labute approximate surface area is 137 Å². The molecule has 118 valence electrons. The van der Waals surface area contributed by atoms with E-state index < -0.39 is 0 Å². The Morgan fingerprint density at radius 1 is 0.909 bits per heavy atom. The minimum Gasteiger partial charge on any atom is -0.274 e. The van der Waals surface area contributed by atoms with Gasteiger partial charge in [-0.15, -0.1) is 0 Å². The van der Waals surface area contributed by atoms with Gasteiger partial charge in [0.15, 0.2) is 0 Å². The first-order valence-corrected chi connectivity index (χ1v) is 8.36. The van der Waals surface area contributed by atoms with Crippen molar-refractivity contribution in [3.8, 4) is 0 Å². The maximum absolute atomic E-state index is 12.5. The van der Waals surface area contributed by atoms with Gasteiger partial charge >= 0.3 is 0 Å². The van der Waals surface area contributed by atoms with Crippen molar-refractivity contribution in [2.24, 2.45) is 0 Å². The Balaban J connectivity index is 1.94. The van der Waals surface area contributed by atoms with Crippen molar-refractivity contribution < 1.29 is 9.59 Å². The van der Waals surface area contributed by atoms with Crippen LogP contribution in [0.1, 0.15) is 51.0 Å². The molecule has 1 aromatic rings. The van der Waals surface area contributed by atoms with Crippen LogP contribution in [0, 0.1) is 0 Å². The fourth-order valence-corrected chi connectivity index (χ4v) is 2.95. The van der Waals surface area contributed by atoms with Crippen LogP contribution in [0.5, 0.6) is 0 Å².